The average Bonchev–Trinajstić information content (AvgIpc) is 3.91. The van der Waals surface area contributed by atoms with Gasteiger partial charge in [-0.3, -0.25) is 0 Å². The summed E-state index contributed by atoms with van der Waals surface area (Å²) in [5.41, 5.74) is 39.0. The van der Waals surface area contributed by atoms with Gasteiger partial charge in [-0.15, -0.1) is 0 Å². The minimum Gasteiger partial charge on any atom is -0.446 e. The van der Waals surface area contributed by atoms with E-state index in [1.54, 1.807) is 0 Å². The number of nitrogens with two attached hydrogens (primary N) is 6. The highest BCUT2D eigenvalue weighted by atomic mass is 32.2. The number of fused-ring (bicyclic) bond motifs is 5. The standard InChI is InChI=1S/C53H95N7O14S/c1-24(2)7-6-8-25(3)29-11-12-30-28-10-9-26-19-27(13-15-52(26,4)31(28)14-16-53(29,30)5)68-51(67)60-17-18-75-23-36-46(73-49-38(59)43(65)41(63)35(22-55)70-49)44(66)50(71-36)74-47-39(61)32(56)20-33(57)45(47)72-48-37(58)42(64)40(62)34(21-54)69-48/h9,24-25,27-50,61-66H,6-8,10-23,54-59H2,1-5H3,(H,60,67)/t25?,27?,28?,29?,30?,31?,32-,33+,34-,35+,36-,37-,38-,39+,40-,41-,42-,43-,44-,45-,46-,47-,48-,49-,50+,52?,53?/m1/s1. The number of carbonyl (C=O) groups is 1. The lowest BCUT2D eigenvalue weighted by Gasteiger charge is -2.58. The molecule has 75 heavy (non-hydrogen) atoms. The summed E-state index contributed by atoms with van der Waals surface area (Å²) in [5, 5.41) is 68.7. The maximum Gasteiger partial charge on any atom is 0.407 e. The van der Waals surface area contributed by atoms with Crippen molar-refractivity contribution in [1.29, 1.82) is 0 Å². The second-order valence-corrected chi connectivity index (χ2v) is 25.8. The number of alkyl carbamates (subject to hydrolysis) is 1. The molecule has 4 saturated carbocycles. The van der Waals surface area contributed by atoms with Crippen molar-refractivity contribution in [2.75, 3.05) is 31.1 Å². The molecule has 7 fully saturated rings. The van der Waals surface area contributed by atoms with Crippen LogP contribution in [-0.4, -0.2) is 190 Å². The van der Waals surface area contributed by atoms with Gasteiger partial charge in [0, 0.05) is 49.6 Å². The van der Waals surface area contributed by atoms with E-state index in [1.807, 2.05) is 0 Å². The van der Waals surface area contributed by atoms with Gasteiger partial charge in [-0.1, -0.05) is 65.5 Å². The van der Waals surface area contributed by atoms with Gasteiger partial charge in [0.05, 0.1) is 24.3 Å². The molecule has 3 saturated heterocycles. The number of nitrogens with one attached hydrogen (secondary N) is 1. The molecular weight excluding hydrogens is 991 g/mol. The number of aliphatic hydroxyl groups is 6. The number of rotatable bonds is 19. The van der Waals surface area contributed by atoms with Gasteiger partial charge in [0.2, 0.25) is 0 Å². The Morgan fingerprint density at radius 2 is 1.36 bits per heavy atom. The first kappa shape index (κ1) is 59.8. The van der Waals surface area contributed by atoms with Crippen LogP contribution in [0, 0.1) is 46.3 Å². The van der Waals surface area contributed by atoms with E-state index in [2.05, 4.69) is 46.0 Å². The highest BCUT2D eigenvalue weighted by molar-refractivity contribution is 7.99. The lowest BCUT2D eigenvalue weighted by molar-refractivity contribution is -0.306. The van der Waals surface area contributed by atoms with Crippen LogP contribution in [0.25, 0.3) is 0 Å². The normalized spacial score (nSPS) is 48.4. The molecule has 0 aromatic heterocycles. The predicted molar refractivity (Wildman–Crippen MR) is 280 cm³/mol. The molecule has 3 aliphatic heterocycles. The van der Waals surface area contributed by atoms with E-state index in [9.17, 15) is 35.4 Å². The zero-order chi connectivity index (χ0) is 54.3. The molecule has 21 nitrogen and oxygen atoms in total. The molecule has 8 unspecified atom stereocenters. The second kappa shape index (κ2) is 25.2. The van der Waals surface area contributed by atoms with Crippen molar-refractivity contribution in [1.82, 2.24) is 5.32 Å². The first-order valence-corrected chi connectivity index (χ1v) is 29.4. The first-order chi connectivity index (χ1) is 35.6. The molecule has 0 aromatic carbocycles. The number of aliphatic hydroxyl groups excluding tert-OH is 6. The molecule has 22 heteroatoms. The molecule has 5 aliphatic carbocycles. The summed E-state index contributed by atoms with van der Waals surface area (Å²) in [5.74, 6) is 5.15. The first-order valence-electron chi connectivity index (χ1n) is 28.3. The summed E-state index contributed by atoms with van der Waals surface area (Å²) in [4.78, 5) is 13.3. The van der Waals surface area contributed by atoms with E-state index in [1.165, 1.54) is 62.3 Å². The molecule has 0 radical (unpaired) electrons. The molecule has 0 spiro atoms. The third-order valence-electron chi connectivity index (χ3n) is 19.5. The topological polar surface area (TPSA) is 371 Å². The number of carbonyl (C=O) groups excluding carboxylic acids is 1. The Morgan fingerprint density at radius 3 is 2.00 bits per heavy atom. The predicted octanol–water partition coefficient (Wildman–Crippen LogP) is -0.0182. The Bertz CT molecular complexity index is 1900. The maximum atomic E-state index is 13.3. The number of thioether (sulfide) groups is 1. The Morgan fingerprint density at radius 1 is 0.733 bits per heavy atom. The molecule has 0 bridgehead atoms. The Hall–Kier alpha value is -1.36. The highest BCUT2D eigenvalue weighted by Gasteiger charge is 2.60. The van der Waals surface area contributed by atoms with Crippen LogP contribution in [0.5, 0.6) is 0 Å². The average molecular weight is 1090 g/mol. The molecule has 0 aromatic rings. The van der Waals surface area contributed by atoms with Gasteiger partial charge in [-0.2, -0.15) is 11.8 Å². The van der Waals surface area contributed by atoms with E-state index < -0.39 is 122 Å². The van der Waals surface area contributed by atoms with Crippen molar-refractivity contribution in [2.24, 2.45) is 80.7 Å². The molecular formula is C53H95N7O14S. The van der Waals surface area contributed by atoms with Gasteiger partial charge in [0.25, 0.3) is 0 Å². The zero-order valence-electron chi connectivity index (χ0n) is 44.9. The summed E-state index contributed by atoms with van der Waals surface area (Å²) >= 11 is 1.39. The Labute approximate surface area is 447 Å². The lowest BCUT2D eigenvalue weighted by Crippen LogP contribution is -2.68. The quantitative estimate of drug-likeness (QED) is 0.0597. The second-order valence-electron chi connectivity index (χ2n) is 24.6. The molecule has 8 aliphatic rings. The largest absolute Gasteiger partial charge is 0.446 e. The van der Waals surface area contributed by atoms with Crippen LogP contribution in [0.2, 0.25) is 0 Å². The smallest absolute Gasteiger partial charge is 0.407 e. The van der Waals surface area contributed by atoms with Crippen LogP contribution in [-0.2, 0) is 33.2 Å². The van der Waals surface area contributed by atoms with Crippen LogP contribution >= 0.6 is 11.8 Å². The number of allylic oxidation sites excluding steroid dienone is 1. The van der Waals surface area contributed by atoms with E-state index in [4.69, 9.17) is 67.6 Å². The number of hydrogen-bond donors (Lipinski definition) is 13. The third kappa shape index (κ3) is 12.4. The summed E-state index contributed by atoms with van der Waals surface area (Å²) in [6.45, 7) is 12.3. The van der Waals surface area contributed by atoms with Crippen molar-refractivity contribution in [3.8, 4) is 0 Å². The van der Waals surface area contributed by atoms with E-state index >= 15 is 0 Å². The summed E-state index contributed by atoms with van der Waals surface area (Å²) in [6, 6.07) is -4.24. The molecule has 8 rings (SSSR count). The van der Waals surface area contributed by atoms with Crippen molar-refractivity contribution >= 4 is 17.9 Å². The van der Waals surface area contributed by atoms with Crippen LogP contribution in [0.4, 0.5) is 4.79 Å². The summed E-state index contributed by atoms with van der Waals surface area (Å²) < 4.78 is 42.9. The molecule has 432 valence electrons. The van der Waals surface area contributed by atoms with E-state index in [0.29, 0.717) is 17.1 Å². The van der Waals surface area contributed by atoms with Crippen molar-refractivity contribution < 1.29 is 68.6 Å². The fraction of sp³-hybridized carbons (Fsp3) is 0.943. The van der Waals surface area contributed by atoms with Crippen LogP contribution in [0.1, 0.15) is 112 Å². The minimum absolute atomic E-state index is 0.0883. The number of amides is 1. The SMILES string of the molecule is CC(C)CCCC(C)C1CCC2C3CC=C4CC(OC(=O)NCCSC[C@H]5O[C@@H](O[C@@H]6[C@@H](O)[C@H](N)C[C@H](N)[C@H]6O[C@H]6O[C@H](CN)[C@@H](O)[C@H](O)[C@H]6N)[C@H](O)[C@@H]5O[C@H]5O[C@@H](CN)[C@@H](O)[C@H](O)[C@H]5N)CCC4(C)C3CCC12C. The van der Waals surface area contributed by atoms with E-state index in [0.717, 1.165) is 55.3 Å². The van der Waals surface area contributed by atoms with Crippen molar-refractivity contribution in [3.05, 3.63) is 11.6 Å². The zero-order valence-corrected chi connectivity index (χ0v) is 45.7. The van der Waals surface area contributed by atoms with Crippen LogP contribution in [0.15, 0.2) is 11.6 Å². The van der Waals surface area contributed by atoms with Gasteiger partial charge in [-0.25, -0.2) is 4.79 Å². The molecule has 19 N–H and O–H groups in total. The molecule has 1 amide bonds. The third-order valence-corrected chi connectivity index (χ3v) is 20.6. The Kier molecular flexibility index (Phi) is 20.1. The van der Waals surface area contributed by atoms with Gasteiger partial charge < -0.3 is 104 Å². The Balaban J connectivity index is 0.859. The molecule has 27 atom stereocenters. The van der Waals surface area contributed by atoms with Crippen LogP contribution in [0.3, 0.4) is 0 Å². The number of ether oxygens (including phenoxy) is 7. The van der Waals surface area contributed by atoms with Gasteiger partial charge in [0.1, 0.15) is 67.1 Å². The van der Waals surface area contributed by atoms with Crippen LogP contribution < -0.4 is 39.7 Å². The van der Waals surface area contributed by atoms with Crippen molar-refractivity contribution in [3.63, 3.8) is 0 Å². The monoisotopic (exact) mass is 1090 g/mol. The number of hydrogen-bond acceptors (Lipinski definition) is 21. The minimum atomic E-state index is -1.57. The summed E-state index contributed by atoms with van der Waals surface area (Å²) in [7, 11) is 0. The van der Waals surface area contributed by atoms with E-state index in [-0.39, 0.29) is 43.3 Å². The summed E-state index contributed by atoms with van der Waals surface area (Å²) in [6.07, 6.45) is -4.58. The van der Waals surface area contributed by atoms with Crippen molar-refractivity contribution in [2.45, 2.75) is 234 Å². The van der Waals surface area contributed by atoms with Gasteiger partial charge >= 0.3 is 6.09 Å². The highest BCUT2D eigenvalue weighted by Crippen LogP contribution is 2.67. The van der Waals surface area contributed by atoms with Gasteiger partial charge in [-0.05, 0) is 97.7 Å². The van der Waals surface area contributed by atoms with Gasteiger partial charge in [0.15, 0.2) is 18.9 Å². The molecule has 3 heterocycles. The maximum absolute atomic E-state index is 13.3. The fourth-order valence-electron chi connectivity index (χ4n) is 15.1. The lowest BCUT2D eigenvalue weighted by atomic mass is 9.47. The fourth-order valence-corrected chi connectivity index (χ4v) is 16.0.